The molecule has 50 heavy (non-hydrogen) atoms. The summed E-state index contributed by atoms with van der Waals surface area (Å²) in [5.74, 6) is 0.513. The molecule has 0 radical (unpaired) electrons. The average Bonchev–Trinajstić information content (AvgIpc) is 3.25. The normalized spacial score (nSPS) is 16.5. The number of hydrogen-bond donors (Lipinski definition) is 1. The molecule has 0 atom stereocenters. The van der Waals surface area contributed by atoms with Gasteiger partial charge >= 0.3 is 13.9 Å². The summed E-state index contributed by atoms with van der Waals surface area (Å²) < 4.78 is 98.0. The lowest BCUT2D eigenvalue weighted by molar-refractivity contribution is -0.137. The quantitative estimate of drug-likeness (QED) is 0.183. The minimum atomic E-state index is -4.88. The third-order valence-corrected chi connectivity index (χ3v) is 13.4. The summed E-state index contributed by atoms with van der Waals surface area (Å²) in [6.07, 6.45) is 2.44. The Balaban J connectivity index is 1.41. The van der Waals surface area contributed by atoms with Gasteiger partial charge in [-0.15, -0.1) is 0 Å². The lowest BCUT2D eigenvalue weighted by atomic mass is 9.77. The molecule has 1 N–H and O–H groups in total. The van der Waals surface area contributed by atoms with E-state index in [9.17, 15) is 21.6 Å². The highest BCUT2D eigenvalue weighted by molar-refractivity contribution is 7.94. The second-order valence-corrected chi connectivity index (χ2v) is 16.5. The Morgan fingerprint density at radius 1 is 0.620 bits per heavy atom. The molecule has 8 rings (SSSR count). The van der Waals surface area contributed by atoms with Crippen LogP contribution in [0.4, 0.5) is 13.2 Å². The number of nitrogens with one attached hydrogen (secondary N) is 1. The first-order chi connectivity index (χ1) is 24.0. The second kappa shape index (κ2) is 12.4. The molecule has 0 aromatic heterocycles. The lowest BCUT2D eigenvalue weighted by Crippen LogP contribution is -2.26. The first-order valence-electron chi connectivity index (χ1n) is 16.7. The summed E-state index contributed by atoms with van der Waals surface area (Å²) in [4.78, 5) is -0.514. The summed E-state index contributed by atoms with van der Waals surface area (Å²) in [6.45, 7) is 0. The van der Waals surface area contributed by atoms with Gasteiger partial charge in [0.2, 0.25) is 0 Å². The van der Waals surface area contributed by atoms with Crippen molar-refractivity contribution in [3.8, 4) is 44.9 Å². The molecule has 0 amide bonds. The topological polar surface area (TPSA) is 81.7 Å². The molecule has 0 bridgehead atoms. The van der Waals surface area contributed by atoms with Crippen molar-refractivity contribution in [1.82, 2.24) is 4.49 Å². The van der Waals surface area contributed by atoms with Crippen LogP contribution in [0.1, 0.15) is 53.5 Å². The zero-order valence-corrected chi connectivity index (χ0v) is 28.6. The fraction of sp³-hybridized carbons (Fsp3) is 0.231. The van der Waals surface area contributed by atoms with Gasteiger partial charge < -0.3 is 9.05 Å². The lowest BCUT2D eigenvalue weighted by Gasteiger charge is -2.28. The zero-order chi connectivity index (χ0) is 34.7. The number of hydrogen-bond acceptors (Lipinski definition) is 5. The SMILES string of the molecule is O=P1(NS(=O)(=O)c2ccc(C(F)(F)F)cc2)Oc2c(-c3ccccc3)cc3c(c2-c2c4c(cc(-c5ccccc5)c2O1)CCCC4)CCCC3. The van der Waals surface area contributed by atoms with E-state index in [1.807, 2.05) is 60.7 Å². The number of halogens is 3. The highest BCUT2D eigenvalue weighted by atomic mass is 32.2. The van der Waals surface area contributed by atoms with Crippen LogP contribution in [0.3, 0.4) is 0 Å². The van der Waals surface area contributed by atoms with Gasteiger partial charge in [-0.1, -0.05) is 65.2 Å². The number of fused-ring (bicyclic) bond motifs is 7. The molecule has 5 aromatic rings. The Labute approximate surface area is 288 Å². The van der Waals surface area contributed by atoms with Crippen molar-refractivity contribution in [3.63, 3.8) is 0 Å². The predicted molar refractivity (Wildman–Crippen MR) is 187 cm³/mol. The summed E-state index contributed by atoms with van der Waals surface area (Å²) in [7, 11) is -9.60. The maximum Gasteiger partial charge on any atom is 0.526 e. The van der Waals surface area contributed by atoms with Gasteiger partial charge in [-0.05, 0) is 121 Å². The summed E-state index contributed by atoms with van der Waals surface area (Å²) >= 11 is 0. The van der Waals surface area contributed by atoms with Crippen LogP contribution in [0.5, 0.6) is 11.5 Å². The molecule has 0 fully saturated rings. The fourth-order valence-electron chi connectivity index (χ4n) is 7.47. The van der Waals surface area contributed by atoms with Gasteiger partial charge in [0.15, 0.2) is 0 Å². The molecule has 0 unspecified atom stereocenters. The minimum Gasteiger partial charge on any atom is -0.403 e. The monoisotopic (exact) mass is 715 g/mol. The van der Waals surface area contributed by atoms with Gasteiger partial charge in [-0.25, -0.2) is 13.0 Å². The van der Waals surface area contributed by atoms with E-state index < -0.39 is 34.4 Å². The standard InChI is InChI=1S/C39H33F3NO5PS/c40-39(41,42)29-19-21-30(22-20-29)50(45,46)43-49(44)47-37-33(25-11-3-1-4-12-25)23-27-15-7-9-17-31(27)35(37)36-32-18-10-8-16-28(32)24-34(38(36)48-49)26-13-5-2-6-14-26/h1-6,11-14,19-24H,7-10,15-18H2,(H,43,44). The summed E-state index contributed by atoms with van der Waals surface area (Å²) in [5.41, 5.74) is 7.85. The fourth-order valence-corrected chi connectivity index (χ4v) is 10.8. The largest absolute Gasteiger partial charge is 0.526 e. The third-order valence-electron chi connectivity index (χ3n) is 9.77. The number of alkyl halides is 3. The first-order valence-corrected chi connectivity index (χ1v) is 19.7. The van der Waals surface area contributed by atoms with Crippen molar-refractivity contribution in [2.45, 2.75) is 62.4 Å². The van der Waals surface area contributed by atoms with Crippen LogP contribution in [-0.4, -0.2) is 8.42 Å². The van der Waals surface area contributed by atoms with Crippen LogP contribution in [0.2, 0.25) is 0 Å². The highest BCUT2D eigenvalue weighted by Crippen LogP contribution is 2.62. The molecule has 1 aliphatic heterocycles. The van der Waals surface area contributed by atoms with Gasteiger partial charge in [-0.3, -0.25) is 0 Å². The minimum absolute atomic E-state index is 0.257. The van der Waals surface area contributed by atoms with Gasteiger partial charge in [0.05, 0.1) is 10.5 Å². The van der Waals surface area contributed by atoms with Crippen LogP contribution < -0.4 is 13.5 Å². The maximum absolute atomic E-state index is 15.2. The number of rotatable bonds is 5. The molecule has 1 heterocycles. The second-order valence-electron chi connectivity index (χ2n) is 13.0. The Hall–Kier alpha value is -4.37. The molecule has 256 valence electrons. The average molecular weight is 716 g/mol. The van der Waals surface area contributed by atoms with Crippen LogP contribution >= 0.6 is 7.75 Å². The van der Waals surface area contributed by atoms with Gasteiger partial charge in [0, 0.05) is 22.3 Å². The molecule has 0 saturated carbocycles. The zero-order valence-electron chi connectivity index (χ0n) is 26.9. The van der Waals surface area contributed by atoms with Crippen LogP contribution in [0.25, 0.3) is 33.4 Å². The van der Waals surface area contributed by atoms with Crippen molar-refractivity contribution >= 4 is 17.8 Å². The third kappa shape index (κ3) is 5.93. The van der Waals surface area contributed by atoms with Crippen molar-refractivity contribution in [3.05, 3.63) is 125 Å². The van der Waals surface area contributed by atoms with E-state index in [0.29, 0.717) is 23.3 Å². The van der Waals surface area contributed by atoms with Crippen LogP contribution in [0, 0.1) is 0 Å². The maximum atomic E-state index is 15.2. The van der Waals surface area contributed by atoms with Gasteiger partial charge in [-0.2, -0.15) is 13.2 Å². The van der Waals surface area contributed by atoms with Crippen molar-refractivity contribution in [1.29, 1.82) is 0 Å². The molecule has 0 spiro atoms. The Morgan fingerprint density at radius 3 is 1.50 bits per heavy atom. The molecule has 2 aliphatic carbocycles. The van der Waals surface area contributed by atoms with Crippen molar-refractivity contribution in [2.24, 2.45) is 0 Å². The van der Waals surface area contributed by atoms with Gasteiger partial charge in [0.25, 0.3) is 10.0 Å². The molecule has 3 aliphatic rings. The van der Waals surface area contributed by atoms with Crippen LogP contribution in [0.15, 0.2) is 102 Å². The first kappa shape index (κ1) is 32.8. The number of sulfonamides is 1. The number of aryl methyl sites for hydroxylation is 2. The molecule has 5 aromatic carbocycles. The van der Waals surface area contributed by atoms with Crippen molar-refractivity contribution in [2.75, 3.05) is 0 Å². The van der Waals surface area contributed by atoms with E-state index in [2.05, 4.69) is 16.6 Å². The molecule has 6 nitrogen and oxygen atoms in total. The highest BCUT2D eigenvalue weighted by Gasteiger charge is 2.44. The van der Waals surface area contributed by atoms with Gasteiger partial charge in [0.1, 0.15) is 11.5 Å². The molecule has 11 heteroatoms. The van der Waals surface area contributed by atoms with E-state index in [1.165, 1.54) is 0 Å². The Morgan fingerprint density at radius 2 is 1.06 bits per heavy atom. The van der Waals surface area contributed by atoms with E-state index in [4.69, 9.17) is 9.05 Å². The van der Waals surface area contributed by atoms with Crippen molar-refractivity contribution < 1.29 is 35.2 Å². The summed E-state index contributed by atoms with van der Waals surface area (Å²) in [6, 6.07) is 26.2. The Kier molecular flexibility index (Phi) is 8.17. The molecular weight excluding hydrogens is 682 g/mol. The Bertz CT molecular complexity index is 2160. The van der Waals surface area contributed by atoms with E-state index >= 15 is 4.57 Å². The summed E-state index contributed by atoms with van der Waals surface area (Å²) in [5, 5.41) is 0. The van der Waals surface area contributed by atoms with Crippen LogP contribution in [-0.2, 0) is 46.4 Å². The predicted octanol–water partition coefficient (Wildman–Crippen LogP) is 10.3. The smallest absolute Gasteiger partial charge is 0.403 e. The number of benzene rings is 5. The van der Waals surface area contributed by atoms with E-state index in [0.717, 1.165) is 108 Å². The molecular formula is C39H33F3NO5PS. The van der Waals surface area contributed by atoms with E-state index in [1.54, 1.807) is 0 Å². The molecule has 0 saturated heterocycles. The van der Waals surface area contributed by atoms with E-state index in [-0.39, 0.29) is 11.5 Å².